The molecule has 0 radical (unpaired) electrons. The van der Waals surface area contributed by atoms with E-state index in [0.29, 0.717) is 17.0 Å². The number of hydrogen-bond donors (Lipinski definition) is 1. The molecule has 0 fully saturated rings. The van der Waals surface area contributed by atoms with Crippen LogP contribution in [0.15, 0.2) is 42.5 Å². The van der Waals surface area contributed by atoms with Crippen LogP contribution in [-0.4, -0.2) is 25.1 Å². The highest BCUT2D eigenvalue weighted by Crippen LogP contribution is 2.24. The van der Waals surface area contributed by atoms with Crippen LogP contribution in [0, 0.1) is 0 Å². The summed E-state index contributed by atoms with van der Waals surface area (Å²) in [5.41, 5.74) is 3.53. The van der Waals surface area contributed by atoms with Gasteiger partial charge in [-0.05, 0) is 68.0 Å². The Morgan fingerprint density at radius 2 is 1.77 bits per heavy atom. The number of benzene rings is 2. The van der Waals surface area contributed by atoms with E-state index < -0.39 is 18.0 Å². The van der Waals surface area contributed by atoms with E-state index in [0.717, 1.165) is 19.3 Å². The monoisotopic (exact) mass is 353 g/mol. The van der Waals surface area contributed by atoms with Crippen molar-refractivity contribution in [1.29, 1.82) is 0 Å². The highest BCUT2D eigenvalue weighted by molar-refractivity contribution is 5.98. The average molecular weight is 353 g/mol. The van der Waals surface area contributed by atoms with E-state index in [1.54, 1.807) is 31.2 Å². The molecular formula is C21H23NO4. The minimum absolute atomic E-state index is 0.402. The minimum Gasteiger partial charge on any atom is -0.495 e. The van der Waals surface area contributed by atoms with Gasteiger partial charge in [-0.3, -0.25) is 4.79 Å². The molecule has 0 saturated carbocycles. The zero-order valence-electron chi connectivity index (χ0n) is 15.1. The third-order valence-electron chi connectivity index (χ3n) is 4.60. The molecule has 0 aliphatic heterocycles. The number of nitrogens with one attached hydrogen (secondary N) is 1. The lowest BCUT2D eigenvalue weighted by Crippen LogP contribution is -2.30. The SMILES string of the molecule is COc1ccccc1NC(=O)[C@@H](C)OC(=O)c1ccc2c(c1)CCCC2. The smallest absolute Gasteiger partial charge is 0.338 e. The third kappa shape index (κ3) is 4.04. The first-order chi connectivity index (χ1) is 12.6. The van der Waals surface area contributed by atoms with Crippen LogP contribution in [0.4, 0.5) is 5.69 Å². The summed E-state index contributed by atoms with van der Waals surface area (Å²) in [6.45, 7) is 1.56. The van der Waals surface area contributed by atoms with Crippen LogP contribution in [0.1, 0.15) is 41.3 Å². The zero-order chi connectivity index (χ0) is 18.5. The van der Waals surface area contributed by atoms with E-state index in [1.165, 1.54) is 24.7 Å². The van der Waals surface area contributed by atoms with E-state index in [2.05, 4.69) is 5.32 Å². The molecule has 5 nitrogen and oxygen atoms in total. The average Bonchev–Trinajstić information content (AvgIpc) is 2.67. The standard InChI is InChI=1S/C21H23NO4/c1-14(20(23)22-18-9-5-6-10-19(18)25-2)26-21(24)17-12-11-15-7-3-4-8-16(15)13-17/h5-6,9-14H,3-4,7-8H2,1-2H3,(H,22,23)/t14-/m1/s1. The highest BCUT2D eigenvalue weighted by atomic mass is 16.5. The summed E-state index contributed by atoms with van der Waals surface area (Å²) < 4.78 is 10.5. The maximum atomic E-state index is 12.4. The van der Waals surface area contributed by atoms with Gasteiger partial charge in [-0.25, -0.2) is 4.79 Å². The Morgan fingerprint density at radius 3 is 2.54 bits per heavy atom. The number of methoxy groups -OCH3 is 1. The van der Waals surface area contributed by atoms with Gasteiger partial charge < -0.3 is 14.8 Å². The van der Waals surface area contributed by atoms with Gasteiger partial charge in [0.25, 0.3) is 5.91 Å². The first-order valence-corrected chi connectivity index (χ1v) is 8.85. The number of carbonyl (C=O) groups excluding carboxylic acids is 2. The van der Waals surface area contributed by atoms with Crippen molar-refractivity contribution in [2.75, 3.05) is 12.4 Å². The van der Waals surface area contributed by atoms with Crippen LogP contribution in [0.25, 0.3) is 0 Å². The van der Waals surface area contributed by atoms with Crippen LogP contribution >= 0.6 is 0 Å². The topological polar surface area (TPSA) is 64.6 Å². The number of esters is 1. The van der Waals surface area contributed by atoms with Crippen LogP contribution in [-0.2, 0) is 22.4 Å². The number of ether oxygens (including phenoxy) is 2. The van der Waals surface area contributed by atoms with Crippen molar-refractivity contribution in [3.63, 3.8) is 0 Å². The molecular weight excluding hydrogens is 330 g/mol. The largest absolute Gasteiger partial charge is 0.495 e. The van der Waals surface area contributed by atoms with Crippen molar-refractivity contribution in [3.05, 3.63) is 59.2 Å². The van der Waals surface area contributed by atoms with Crippen molar-refractivity contribution < 1.29 is 19.1 Å². The number of rotatable bonds is 5. The van der Waals surface area contributed by atoms with Crippen molar-refractivity contribution in [2.24, 2.45) is 0 Å². The van der Waals surface area contributed by atoms with E-state index in [4.69, 9.17) is 9.47 Å². The van der Waals surface area contributed by atoms with Crippen LogP contribution in [0.3, 0.4) is 0 Å². The molecule has 1 aliphatic rings. The Morgan fingerprint density at radius 1 is 1.04 bits per heavy atom. The van der Waals surface area contributed by atoms with Gasteiger partial charge in [0.15, 0.2) is 6.10 Å². The third-order valence-corrected chi connectivity index (χ3v) is 4.60. The molecule has 1 aliphatic carbocycles. The lowest BCUT2D eigenvalue weighted by molar-refractivity contribution is -0.123. The predicted molar refractivity (Wildman–Crippen MR) is 99.6 cm³/mol. The van der Waals surface area contributed by atoms with Gasteiger partial charge in [-0.2, -0.15) is 0 Å². The summed E-state index contributed by atoms with van der Waals surface area (Å²) in [6, 6.07) is 12.7. The molecule has 2 aromatic carbocycles. The van der Waals surface area contributed by atoms with Crippen molar-refractivity contribution >= 4 is 17.6 Å². The Balaban J connectivity index is 1.64. The second-order valence-corrected chi connectivity index (χ2v) is 6.43. The summed E-state index contributed by atoms with van der Waals surface area (Å²) in [5, 5.41) is 2.73. The van der Waals surface area contributed by atoms with Crippen LogP contribution < -0.4 is 10.1 Å². The van der Waals surface area contributed by atoms with Gasteiger partial charge in [0.1, 0.15) is 5.75 Å². The van der Waals surface area contributed by atoms with Crippen LogP contribution in [0.2, 0.25) is 0 Å². The minimum atomic E-state index is -0.913. The second-order valence-electron chi connectivity index (χ2n) is 6.43. The van der Waals surface area contributed by atoms with Crippen molar-refractivity contribution in [3.8, 4) is 5.75 Å². The van der Waals surface area contributed by atoms with E-state index in [-0.39, 0.29) is 0 Å². The molecule has 3 rings (SSSR count). The quantitative estimate of drug-likeness (QED) is 0.832. The van der Waals surface area contributed by atoms with Gasteiger partial charge in [0, 0.05) is 0 Å². The molecule has 1 N–H and O–H groups in total. The van der Waals surface area contributed by atoms with Gasteiger partial charge >= 0.3 is 5.97 Å². The number of hydrogen-bond acceptors (Lipinski definition) is 4. The highest BCUT2D eigenvalue weighted by Gasteiger charge is 2.21. The molecule has 0 saturated heterocycles. The molecule has 2 aromatic rings. The van der Waals surface area contributed by atoms with E-state index in [9.17, 15) is 9.59 Å². The molecule has 136 valence electrons. The van der Waals surface area contributed by atoms with Gasteiger partial charge in [-0.15, -0.1) is 0 Å². The van der Waals surface area contributed by atoms with Gasteiger partial charge in [-0.1, -0.05) is 18.2 Å². The maximum Gasteiger partial charge on any atom is 0.338 e. The summed E-state index contributed by atoms with van der Waals surface area (Å²) in [7, 11) is 1.53. The number of amides is 1. The molecule has 5 heteroatoms. The fraction of sp³-hybridized carbons (Fsp3) is 0.333. The number of carbonyl (C=O) groups is 2. The lowest BCUT2D eigenvalue weighted by Gasteiger charge is -2.18. The lowest BCUT2D eigenvalue weighted by atomic mass is 9.90. The summed E-state index contributed by atoms with van der Waals surface area (Å²) in [4.78, 5) is 24.7. The van der Waals surface area contributed by atoms with Crippen molar-refractivity contribution in [1.82, 2.24) is 0 Å². The van der Waals surface area contributed by atoms with Crippen molar-refractivity contribution in [2.45, 2.75) is 38.7 Å². The number of anilines is 1. The second kappa shape index (κ2) is 8.04. The number of para-hydroxylation sites is 2. The zero-order valence-corrected chi connectivity index (χ0v) is 15.1. The van der Waals surface area contributed by atoms with E-state index >= 15 is 0 Å². The van der Waals surface area contributed by atoms with Gasteiger partial charge in [0.2, 0.25) is 0 Å². The number of aryl methyl sites for hydroxylation is 2. The normalized spacial score (nSPS) is 14.1. The Labute approximate surface area is 153 Å². The molecule has 1 atom stereocenters. The molecule has 0 heterocycles. The summed E-state index contributed by atoms with van der Waals surface area (Å²) in [6.07, 6.45) is 3.46. The fourth-order valence-electron chi connectivity index (χ4n) is 3.12. The molecule has 0 spiro atoms. The fourth-order valence-corrected chi connectivity index (χ4v) is 3.12. The number of fused-ring (bicyclic) bond motifs is 1. The molecule has 26 heavy (non-hydrogen) atoms. The molecule has 1 amide bonds. The molecule has 0 unspecified atom stereocenters. The van der Waals surface area contributed by atoms with Crippen LogP contribution in [0.5, 0.6) is 5.75 Å². The first kappa shape index (κ1) is 18.0. The predicted octanol–water partition coefficient (Wildman–Crippen LogP) is 3.76. The van der Waals surface area contributed by atoms with Gasteiger partial charge in [0.05, 0.1) is 18.4 Å². The first-order valence-electron chi connectivity index (χ1n) is 8.85. The Hall–Kier alpha value is -2.82. The Kier molecular flexibility index (Phi) is 5.56. The maximum absolute atomic E-state index is 12.4. The van der Waals surface area contributed by atoms with E-state index in [1.807, 2.05) is 18.2 Å². The summed E-state index contributed by atoms with van der Waals surface area (Å²) in [5.74, 6) is -0.337. The Bertz CT molecular complexity index is 815. The molecule has 0 bridgehead atoms. The summed E-state index contributed by atoms with van der Waals surface area (Å²) >= 11 is 0. The molecule has 0 aromatic heterocycles.